The van der Waals surface area contributed by atoms with E-state index in [0.717, 1.165) is 16.5 Å². The fourth-order valence-electron chi connectivity index (χ4n) is 3.10. The maximum Gasteiger partial charge on any atom is 0.340 e. The monoisotopic (exact) mass is 378 g/mol. The van der Waals surface area contributed by atoms with Crippen LogP contribution in [-0.2, 0) is 16.0 Å². The molecule has 0 aliphatic heterocycles. The van der Waals surface area contributed by atoms with Crippen molar-refractivity contribution in [1.29, 1.82) is 0 Å². The van der Waals surface area contributed by atoms with Crippen LogP contribution in [0.5, 0.6) is 5.75 Å². The van der Waals surface area contributed by atoms with Crippen molar-refractivity contribution in [3.63, 3.8) is 0 Å². The maximum absolute atomic E-state index is 12.7. The van der Waals surface area contributed by atoms with Crippen LogP contribution in [0.25, 0.3) is 10.9 Å². The molecule has 0 saturated heterocycles. The Kier molecular flexibility index (Phi) is 5.89. The molecule has 0 unspecified atom stereocenters. The number of pyridine rings is 1. The van der Waals surface area contributed by atoms with Crippen LogP contribution < -0.4 is 10.1 Å². The van der Waals surface area contributed by atoms with Gasteiger partial charge in [0.05, 0.1) is 29.6 Å². The molecule has 6 heteroatoms. The number of benzene rings is 2. The van der Waals surface area contributed by atoms with Crippen molar-refractivity contribution in [2.45, 2.75) is 20.3 Å². The smallest absolute Gasteiger partial charge is 0.340 e. The third kappa shape index (κ3) is 3.96. The summed E-state index contributed by atoms with van der Waals surface area (Å²) in [5.74, 6) is -0.463. The van der Waals surface area contributed by atoms with Gasteiger partial charge in [-0.2, -0.15) is 0 Å². The minimum atomic E-state index is -0.553. The molecular weight excluding hydrogens is 356 g/mol. The van der Waals surface area contributed by atoms with Crippen LogP contribution in [-0.4, -0.2) is 30.6 Å². The van der Waals surface area contributed by atoms with E-state index in [1.165, 1.54) is 7.11 Å². The molecule has 3 rings (SSSR count). The summed E-state index contributed by atoms with van der Waals surface area (Å²) in [5, 5.41) is 3.58. The second-order valence-electron chi connectivity index (χ2n) is 6.25. The van der Waals surface area contributed by atoms with Crippen LogP contribution in [0.2, 0.25) is 0 Å². The normalized spacial score (nSPS) is 10.5. The Hall–Kier alpha value is -3.41. The standard InChI is InChI=1S/C22H22N2O4/c1-4-16-21(14(2)15-9-5-6-10-17(15)23-16)22(26)28-13-20(25)24-18-11-7-8-12-19(18)27-3/h5-12H,4,13H2,1-3H3,(H,24,25). The van der Waals surface area contributed by atoms with Gasteiger partial charge in [0.2, 0.25) is 0 Å². The van der Waals surface area contributed by atoms with Crippen LogP contribution in [0.15, 0.2) is 48.5 Å². The van der Waals surface area contributed by atoms with E-state index in [4.69, 9.17) is 9.47 Å². The number of amides is 1. The van der Waals surface area contributed by atoms with Crippen LogP contribution in [0.4, 0.5) is 5.69 Å². The molecule has 3 aromatic rings. The van der Waals surface area contributed by atoms with Crippen LogP contribution in [0, 0.1) is 6.92 Å². The number of ether oxygens (including phenoxy) is 2. The number of rotatable bonds is 6. The molecule has 6 nitrogen and oxygen atoms in total. The first-order chi connectivity index (χ1) is 13.5. The molecule has 0 saturated carbocycles. The maximum atomic E-state index is 12.7. The predicted molar refractivity (Wildman–Crippen MR) is 108 cm³/mol. The van der Waals surface area contributed by atoms with Gasteiger partial charge in [0.15, 0.2) is 6.61 Å². The Bertz CT molecular complexity index is 1030. The van der Waals surface area contributed by atoms with Crippen LogP contribution in [0.1, 0.15) is 28.5 Å². The average molecular weight is 378 g/mol. The Labute approximate surface area is 163 Å². The van der Waals surface area contributed by atoms with Crippen molar-refractivity contribution in [3.05, 3.63) is 65.4 Å². The first-order valence-corrected chi connectivity index (χ1v) is 9.03. The third-order valence-corrected chi connectivity index (χ3v) is 4.48. The number of carbonyl (C=O) groups is 2. The largest absolute Gasteiger partial charge is 0.495 e. The molecule has 2 aromatic carbocycles. The molecule has 1 amide bonds. The second kappa shape index (κ2) is 8.52. The lowest BCUT2D eigenvalue weighted by Gasteiger charge is -2.14. The summed E-state index contributed by atoms with van der Waals surface area (Å²) in [4.78, 5) is 29.5. The number of aromatic nitrogens is 1. The van der Waals surface area contributed by atoms with E-state index in [1.54, 1.807) is 24.3 Å². The molecule has 144 valence electrons. The van der Waals surface area contributed by atoms with E-state index in [1.807, 2.05) is 38.1 Å². The molecule has 0 atom stereocenters. The van der Waals surface area contributed by atoms with E-state index in [2.05, 4.69) is 10.3 Å². The number of methoxy groups -OCH3 is 1. The van der Waals surface area contributed by atoms with Crippen molar-refractivity contribution >= 4 is 28.5 Å². The SMILES string of the molecule is CCc1nc2ccccc2c(C)c1C(=O)OCC(=O)Nc1ccccc1OC. The predicted octanol–water partition coefficient (Wildman–Crippen LogP) is 3.91. The molecule has 1 N–H and O–H groups in total. The van der Waals surface area contributed by atoms with Gasteiger partial charge in [-0.25, -0.2) is 4.79 Å². The summed E-state index contributed by atoms with van der Waals surface area (Å²) in [6.07, 6.45) is 0.587. The van der Waals surface area contributed by atoms with Gasteiger partial charge in [-0.3, -0.25) is 9.78 Å². The highest BCUT2D eigenvalue weighted by Crippen LogP contribution is 2.25. The number of carbonyl (C=O) groups excluding carboxylic acids is 2. The summed E-state index contributed by atoms with van der Waals surface area (Å²) < 4.78 is 10.5. The number of hydrogen-bond acceptors (Lipinski definition) is 5. The van der Waals surface area contributed by atoms with E-state index < -0.39 is 18.5 Å². The van der Waals surface area contributed by atoms with E-state index in [0.29, 0.717) is 29.1 Å². The third-order valence-electron chi connectivity index (χ3n) is 4.48. The van der Waals surface area contributed by atoms with Gasteiger partial charge in [-0.1, -0.05) is 37.3 Å². The Morgan fingerprint density at radius 3 is 2.54 bits per heavy atom. The molecule has 0 radical (unpaired) electrons. The molecular formula is C22H22N2O4. The van der Waals surface area contributed by atoms with E-state index >= 15 is 0 Å². The lowest BCUT2D eigenvalue weighted by molar-refractivity contribution is -0.119. The summed E-state index contributed by atoms with van der Waals surface area (Å²) in [5.41, 5.74) is 3.24. The topological polar surface area (TPSA) is 77.5 Å². The zero-order valence-electron chi connectivity index (χ0n) is 16.1. The number of hydrogen-bond donors (Lipinski definition) is 1. The average Bonchev–Trinajstić information content (AvgIpc) is 2.72. The zero-order chi connectivity index (χ0) is 20.1. The number of esters is 1. The van der Waals surface area contributed by atoms with Gasteiger partial charge in [0, 0.05) is 5.39 Å². The highest BCUT2D eigenvalue weighted by atomic mass is 16.5. The molecule has 0 aliphatic carbocycles. The van der Waals surface area contributed by atoms with Crippen molar-refractivity contribution in [3.8, 4) is 5.75 Å². The fraction of sp³-hybridized carbons (Fsp3) is 0.227. The highest BCUT2D eigenvalue weighted by Gasteiger charge is 2.20. The summed E-state index contributed by atoms with van der Waals surface area (Å²) in [6, 6.07) is 14.7. The van der Waals surface area contributed by atoms with Crippen molar-refractivity contribution < 1.29 is 19.1 Å². The Morgan fingerprint density at radius 2 is 1.79 bits per heavy atom. The number of para-hydroxylation sites is 3. The summed E-state index contributed by atoms with van der Waals surface area (Å²) in [6.45, 7) is 3.41. The molecule has 0 fully saturated rings. The Morgan fingerprint density at radius 1 is 1.07 bits per heavy atom. The van der Waals surface area contributed by atoms with Gasteiger partial charge >= 0.3 is 5.97 Å². The summed E-state index contributed by atoms with van der Waals surface area (Å²) in [7, 11) is 1.52. The van der Waals surface area contributed by atoms with Gasteiger partial charge in [0.25, 0.3) is 5.91 Å². The lowest BCUT2D eigenvalue weighted by atomic mass is 10.0. The molecule has 0 aliphatic rings. The molecule has 1 heterocycles. The second-order valence-corrected chi connectivity index (χ2v) is 6.25. The molecule has 1 aromatic heterocycles. The highest BCUT2D eigenvalue weighted by molar-refractivity contribution is 6.00. The quantitative estimate of drug-likeness (QED) is 0.658. The van der Waals surface area contributed by atoms with Gasteiger partial charge in [0.1, 0.15) is 5.75 Å². The minimum Gasteiger partial charge on any atom is -0.495 e. The van der Waals surface area contributed by atoms with Crippen molar-refractivity contribution in [2.75, 3.05) is 19.0 Å². The van der Waals surface area contributed by atoms with Crippen molar-refractivity contribution in [1.82, 2.24) is 4.98 Å². The molecule has 28 heavy (non-hydrogen) atoms. The number of fused-ring (bicyclic) bond motifs is 1. The van der Waals surface area contributed by atoms with Crippen LogP contribution >= 0.6 is 0 Å². The van der Waals surface area contributed by atoms with Gasteiger partial charge in [-0.15, -0.1) is 0 Å². The van der Waals surface area contributed by atoms with Crippen molar-refractivity contribution in [2.24, 2.45) is 0 Å². The fourth-order valence-corrected chi connectivity index (χ4v) is 3.10. The number of nitrogens with one attached hydrogen (secondary N) is 1. The van der Waals surface area contributed by atoms with E-state index in [9.17, 15) is 9.59 Å². The zero-order valence-corrected chi connectivity index (χ0v) is 16.1. The number of anilines is 1. The van der Waals surface area contributed by atoms with Gasteiger partial charge < -0.3 is 14.8 Å². The Balaban J connectivity index is 1.76. The van der Waals surface area contributed by atoms with Crippen LogP contribution in [0.3, 0.4) is 0 Å². The first-order valence-electron chi connectivity index (χ1n) is 9.03. The first kappa shape index (κ1) is 19.4. The minimum absolute atomic E-state index is 0.397. The lowest BCUT2D eigenvalue weighted by Crippen LogP contribution is -2.22. The molecule has 0 bridgehead atoms. The number of nitrogens with zero attached hydrogens (tertiary/aromatic N) is 1. The summed E-state index contributed by atoms with van der Waals surface area (Å²) >= 11 is 0. The number of aryl methyl sites for hydroxylation is 2. The van der Waals surface area contributed by atoms with Gasteiger partial charge in [-0.05, 0) is 37.1 Å². The van der Waals surface area contributed by atoms with E-state index in [-0.39, 0.29) is 0 Å². The molecule has 0 spiro atoms.